The fraction of sp³-hybridized carbons (Fsp3) is 0.464. The van der Waals surface area contributed by atoms with Crippen LogP contribution in [0.2, 0.25) is 0 Å². The van der Waals surface area contributed by atoms with E-state index in [1.807, 2.05) is 32.0 Å². The molecule has 9 nitrogen and oxygen atoms in total. The highest BCUT2D eigenvalue weighted by Crippen LogP contribution is 2.38. The molecule has 3 aromatic rings. The van der Waals surface area contributed by atoms with E-state index in [2.05, 4.69) is 25.8 Å². The van der Waals surface area contributed by atoms with Gasteiger partial charge in [-0.2, -0.15) is 10.2 Å². The largest absolute Gasteiger partial charge is 0.490 e. The van der Waals surface area contributed by atoms with Gasteiger partial charge in [-0.25, -0.2) is 13.1 Å². The molecule has 0 spiro atoms. The fourth-order valence-electron chi connectivity index (χ4n) is 5.25. The van der Waals surface area contributed by atoms with E-state index in [0.717, 1.165) is 42.6 Å². The number of hydrogen-bond donors (Lipinski definition) is 1. The summed E-state index contributed by atoms with van der Waals surface area (Å²) in [5.74, 6) is 1.36. The van der Waals surface area contributed by atoms with Gasteiger partial charge in [0.1, 0.15) is 11.8 Å². The molecule has 1 aliphatic carbocycles. The van der Waals surface area contributed by atoms with Crippen LogP contribution in [0.4, 0.5) is 0 Å². The van der Waals surface area contributed by atoms with Gasteiger partial charge in [-0.3, -0.25) is 0 Å². The van der Waals surface area contributed by atoms with Crippen LogP contribution in [0.3, 0.4) is 0 Å². The normalized spacial score (nSPS) is 17.9. The highest BCUT2D eigenvalue weighted by atomic mass is 32.2. The maximum Gasteiger partial charge on any atom is 0.258 e. The third-order valence-corrected chi connectivity index (χ3v) is 8.46. The van der Waals surface area contributed by atoms with Gasteiger partial charge < -0.3 is 14.2 Å². The first-order chi connectivity index (χ1) is 18.3. The van der Waals surface area contributed by atoms with Gasteiger partial charge in [0.15, 0.2) is 0 Å². The summed E-state index contributed by atoms with van der Waals surface area (Å²) in [5, 5.41) is 13.8. The summed E-state index contributed by atoms with van der Waals surface area (Å²) in [7, 11) is -3.41. The number of benzene rings is 2. The molecular weight excluding hydrogens is 502 g/mol. The van der Waals surface area contributed by atoms with Crippen LogP contribution in [0, 0.1) is 11.3 Å². The molecule has 200 valence electrons. The average molecular weight is 536 g/mol. The van der Waals surface area contributed by atoms with Gasteiger partial charge in [-0.05, 0) is 81.9 Å². The van der Waals surface area contributed by atoms with Gasteiger partial charge in [0.25, 0.3) is 5.89 Å². The molecule has 2 aliphatic rings. The number of piperidine rings is 1. The first kappa shape index (κ1) is 26.4. The van der Waals surface area contributed by atoms with Gasteiger partial charge in [0.2, 0.25) is 15.8 Å². The van der Waals surface area contributed by atoms with Crippen molar-refractivity contribution in [2.24, 2.45) is 0 Å². The molecule has 1 aliphatic heterocycles. The molecule has 1 N–H and O–H groups in total. The van der Waals surface area contributed by atoms with E-state index in [1.165, 1.54) is 6.42 Å². The topological polar surface area (TPSA) is 121 Å². The molecule has 1 fully saturated rings. The van der Waals surface area contributed by atoms with Crippen LogP contribution in [0.5, 0.6) is 5.75 Å². The molecule has 2 heterocycles. The maximum atomic E-state index is 12.9. The zero-order chi connectivity index (χ0) is 26.7. The SMILES string of the molecule is CC(C)Oc1ccc(-c2nc(-c3cccc4c3CC[C@H]4NS(=O)(=O)CCN3CCCCC3)no2)cc1C#N. The number of fused-ring (bicyclic) bond motifs is 1. The molecule has 5 rings (SSSR count). The number of ether oxygens (including phenoxy) is 1. The predicted molar refractivity (Wildman–Crippen MR) is 144 cm³/mol. The Hall–Kier alpha value is -3.26. The van der Waals surface area contributed by atoms with Gasteiger partial charge in [-0.15, -0.1) is 0 Å². The molecule has 0 radical (unpaired) electrons. The Kier molecular flexibility index (Phi) is 7.79. The van der Waals surface area contributed by atoms with Crippen LogP contribution in [-0.2, 0) is 16.4 Å². The minimum atomic E-state index is -3.41. The van der Waals surface area contributed by atoms with Crippen molar-refractivity contribution in [3.8, 4) is 34.7 Å². The number of nitriles is 1. The van der Waals surface area contributed by atoms with Crippen LogP contribution in [0.15, 0.2) is 40.9 Å². The summed E-state index contributed by atoms with van der Waals surface area (Å²) >= 11 is 0. The number of sulfonamides is 1. The number of nitrogens with one attached hydrogen (secondary N) is 1. The molecule has 0 unspecified atom stereocenters. The van der Waals surface area contributed by atoms with Crippen LogP contribution < -0.4 is 9.46 Å². The Morgan fingerprint density at radius 3 is 2.79 bits per heavy atom. The Bertz CT molecular complexity index is 1440. The van der Waals surface area contributed by atoms with Gasteiger partial charge in [0, 0.05) is 23.7 Å². The van der Waals surface area contributed by atoms with Crippen molar-refractivity contribution >= 4 is 10.0 Å². The Morgan fingerprint density at radius 2 is 2.03 bits per heavy atom. The van der Waals surface area contributed by atoms with Gasteiger partial charge in [-0.1, -0.05) is 29.8 Å². The molecule has 0 amide bonds. The van der Waals surface area contributed by atoms with Crippen molar-refractivity contribution in [2.75, 3.05) is 25.4 Å². The van der Waals surface area contributed by atoms with Crippen LogP contribution >= 0.6 is 0 Å². The lowest BCUT2D eigenvalue weighted by molar-refractivity contribution is 0.241. The van der Waals surface area contributed by atoms with Gasteiger partial charge >= 0.3 is 0 Å². The molecule has 1 aromatic heterocycles. The number of rotatable bonds is 9. The lowest BCUT2D eigenvalue weighted by atomic mass is 10.0. The number of likely N-dealkylation sites (tertiary alicyclic amines) is 1. The summed E-state index contributed by atoms with van der Waals surface area (Å²) in [4.78, 5) is 6.84. The molecule has 1 saturated heterocycles. The highest BCUT2D eigenvalue weighted by Gasteiger charge is 2.30. The summed E-state index contributed by atoms with van der Waals surface area (Å²) < 4.78 is 39.9. The van der Waals surface area contributed by atoms with Crippen LogP contribution in [-0.4, -0.2) is 54.9 Å². The lowest BCUT2D eigenvalue weighted by Gasteiger charge is -2.26. The number of aromatic nitrogens is 2. The van der Waals surface area contributed by atoms with E-state index < -0.39 is 10.0 Å². The summed E-state index contributed by atoms with van der Waals surface area (Å²) in [5.41, 5.74) is 3.84. The molecule has 0 saturated carbocycles. The zero-order valence-electron chi connectivity index (χ0n) is 21.8. The third kappa shape index (κ3) is 5.90. The van der Waals surface area contributed by atoms with E-state index in [1.54, 1.807) is 18.2 Å². The van der Waals surface area contributed by atoms with Crippen LogP contribution in [0.25, 0.3) is 22.8 Å². The molecule has 38 heavy (non-hydrogen) atoms. The van der Waals surface area contributed by atoms with Crippen molar-refractivity contribution in [1.82, 2.24) is 19.8 Å². The Balaban J connectivity index is 1.32. The second kappa shape index (κ2) is 11.2. The van der Waals surface area contributed by atoms with E-state index in [0.29, 0.717) is 48.0 Å². The lowest BCUT2D eigenvalue weighted by Crippen LogP contribution is -2.38. The van der Waals surface area contributed by atoms with Crippen molar-refractivity contribution in [3.05, 3.63) is 53.1 Å². The molecule has 0 bridgehead atoms. The molecular formula is C28H33N5O4S. The Labute approximate surface area is 223 Å². The third-order valence-electron chi connectivity index (χ3n) is 7.09. The minimum Gasteiger partial charge on any atom is -0.490 e. The van der Waals surface area contributed by atoms with E-state index in [9.17, 15) is 13.7 Å². The quantitative estimate of drug-likeness (QED) is 0.426. The molecule has 1 atom stereocenters. The summed E-state index contributed by atoms with van der Waals surface area (Å²) in [6.07, 6.45) is 4.86. The summed E-state index contributed by atoms with van der Waals surface area (Å²) in [6.45, 7) is 6.33. The molecule has 2 aromatic carbocycles. The van der Waals surface area contributed by atoms with Crippen molar-refractivity contribution in [2.45, 2.75) is 58.1 Å². The van der Waals surface area contributed by atoms with Crippen molar-refractivity contribution in [3.63, 3.8) is 0 Å². The smallest absolute Gasteiger partial charge is 0.258 e. The second-order valence-electron chi connectivity index (χ2n) is 10.2. The predicted octanol–water partition coefficient (Wildman–Crippen LogP) is 4.46. The second-order valence-corrected chi connectivity index (χ2v) is 12.1. The fourth-order valence-corrected chi connectivity index (χ4v) is 6.55. The molecule has 10 heteroatoms. The van der Waals surface area contributed by atoms with E-state index in [4.69, 9.17) is 9.26 Å². The first-order valence-corrected chi connectivity index (χ1v) is 14.9. The zero-order valence-corrected chi connectivity index (χ0v) is 22.6. The Morgan fingerprint density at radius 1 is 1.21 bits per heavy atom. The van der Waals surface area contributed by atoms with Crippen LogP contribution in [0.1, 0.15) is 62.3 Å². The van der Waals surface area contributed by atoms with Crippen molar-refractivity contribution < 1.29 is 17.7 Å². The monoisotopic (exact) mass is 535 g/mol. The minimum absolute atomic E-state index is 0.0499. The average Bonchev–Trinajstić information content (AvgIpc) is 3.56. The van der Waals surface area contributed by atoms with Gasteiger partial charge in [0.05, 0.1) is 17.4 Å². The highest BCUT2D eigenvalue weighted by molar-refractivity contribution is 7.89. The maximum absolute atomic E-state index is 12.9. The number of hydrogen-bond acceptors (Lipinski definition) is 8. The first-order valence-electron chi connectivity index (χ1n) is 13.2. The van der Waals surface area contributed by atoms with E-state index >= 15 is 0 Å². The van der Waals surface area contributed by atoms with E-state index in [-0.39, 0.29) is 17.9 Å². The standard InChI is InChI=1S/C28H33N5O4S/c1-19(2)36-26-12-9-20(17-21(26)18-29)28-30-27(31-37-28)24-8-6-7-23-22(24)10-11-25(23)32-38(34,35)16-15-33-13-4-3-5-14-33/h6-9,12,17,19,25,32H,3-5,10-11,13-16H2,1-2H3/t25-/m1/s1. The summed E-state index contributed by atoms with van der Waals surface area (Å²) in [6, 6.07) is 12.9. The number of nitrogens with zero attached hydrogens (tertiary/aromatic N) is 4. The van der Waals surface area contributed by atoms with Crippen molar-refractivity contribution in [1.29, 1.82) is 5.26 Å².